The molecule has 21 heavy (non-hydrogen) atoms. The van der Waals surface area contributed by atoms with Crippen LogP contribution < -0.4 is 5.73 Å². The summed E-state index contributed by atoms with van der Waals surface area (Å²) in [5.74, 6) is 0. The van der Waals surface area contributed by atoms with Crippen LogP contribution in [0, 0.1) is 0 Å². The first kappa shape index (κ1) is 15.7. The fraction of sp³-hybridized carbons (Fsp3) is 0.278. The minimum absolute atomic E-state index is 0.292. The van der Waals surface area contributed by atoms with E-state index >= 15 is 0 Å². The van der Waals surface area contributed by atoms with Crippen LogP contribution in [0.15, 0.2) is 48.5 Å². The second-order valence-electron chi connectivity index (χ2n) is 5.14. The molecule has 2 N–H and O–H groups in total. The molecule has 0 saturated heterocycles. The van der Waals surface area contributed by atoms with Gasteiger partial charge in [0.2, 0.25) is 0 Å². The first-order valence-corrected chi connectivity index (χ1v) is 7.62. The molecule has 1 unspecified atom stereocenters. The van der Waals surface area contributed by atoms with Crippen molar-refractivity contribution < 1.29 is 4.74 Å². The Balaban J connectivity index is 2.18. The van der Waals surface area contributed by atoms with Crippen LogP contribution in [0.2, 0.25) is 0 Å². The van der Waals surface area contributed by atoms with Crippen LogP contribution >= 0.6 is 12.2 Å². The highest BCUT2D eigenvalue weighted by atomic mass is 32.1. The molecule has 2 rings (SSSR count). The Kier molecular flexibility index (Phi) is 5.48. The molecule has 0 heterocycles. The maximum atomic E-state index is 5.79. The van der Waals surface area contributed by atoms with Gasteiger partial charge in [-0.15, -0.1) is 0 Å². The Morgan fingerprint density at radius 2 is 1.81 bits per heavy atom. The lowest BCUT2D eigenvalue weighted by molar-refractivity contribution is 0.0508. The van der Waals surface area contributed by atoms with Gasteiger partial charge in [0.25, 0.3) is 0 Å². The fourth-order valence-electron chi connectivity index (χ4n) is 2.09. The minimum Gasteiger partial charge on any atom is -0.389 e. The smallest absolute Gasteiger partial charge is 0.104 e. The van der Waals surface area contributed by atoms with Crippen LogP contribution in [0.3, 0.4) is 0 Å². The Morgan fingerprint density at radius 3 is 2.43 bits per heavy atom. The average Bonchev–Trinajstić information content (AvgIpc) is 2.53. The van der Waals surface area contributed by atoms with Crippen molar-refractivity contribution in [2.45, 2.75) is 33.0 Å². The number of rotatable bonds is 6. The van der Waals surface area contributed by atoms with Gasteiger partial charge >= 0.3 is 0 Å². The van der Waals surface area contributed by atoms with Crippen LogP contribution in [0.4, 0.5) is 0 Å². The van der Waals surface area contributed by atoms with Crippen molar-refractivity contribution in [2.24, 2.45) is 5.73 Å². The van der Waals surface area contributed by atoms with Gasteiger partial charge in [-0.3, -0.25) is 0 Å². The molecular weight excluding hydrogens is 278 g/mol. The van der Waals surface area contributed by atoms with Crippen LogP contribution in [0.25, 0.3) is 11.1 Å². The fourth-order valence-corrected chi connectivity index (χ4v) is 2.26. The van der Waals surface area contributed by atoms with E-state index in [2.05, 4.69) is 38.1 Å². The van der Waals surface area contributed by atoms with E-state index < -0.39 is 0 Å². The molecule has 0 spiro atoms. The molecule has 0 radical (unpaired) electrons. The largest absolute Gasteiger partial charge is 0.389 e. The Labute approximate surface area is 131 Å². The molecule has 0 saturated carbocycles. The minimum atomic E-state index is 0.292. The highest BCUT2D eigenvalue weighted by Gasteiger charge is 2.07. The molecule has 1 atom stereocenters. The summed E-state index contributed by atoms with van der Waals surface area (Å²) in [6.45, 7) is 4.86. The zero-order valence-electron chi connectivity index (χ0n) is 12.5. The van der Waals surface area contributed by atoms with Gasteiger partial charge in [0.1, 0.15) is 4.99 Å². The van der Waals surface area contributed by atoms with Crippen LogP contribution in [0.5, 0.6) is 0 Å². The molecule has 0 amide bonds. The molecule has 2 nitrogen and oxygen atoms in total. The van der Waals surface area contributed by atoms with E-state index in [-0.39, 0.29) is 0 Å². The summed E-state index contributed by atoms with van der Waals surface area (Å²) < 4.78 is 5.74. The van der Waals surface area contributed by atoms with E-state index in [0.717, 1.165) is 23.1 Å². The Bertz CT molecular complexity index is 607. The molecule has 0 aliphatic rings. The summed E-state index contributed by atoms with van der Waals surface area (Å²) in [7, 11) is 0. The quantitative estimate of drug-likeness (QED) is 0.808. The van der Waals surface area contributed by atoms with Gasteiger partial charge in [-0.1, -0.05) is 67.7 Å². The van der Waals surface area contributed by atoms with E-state index in [1.165, 1.54) is 5.56 Å². The first-order chi connectivity index (χ1) is 10.1. The maximum absolute atomic E-state index is 5.79. The van der Waals surface area contributed by atoms with Crippen molar-refractivity contribution in [3.63, 3.8) is 0 Å². The van der Waals surface area contributed by atoms with Crippen LogP contribution in [-0.4, -0.2) is 11.1 Å². The zero-order chi connectivity index (χ0) is 15.2. The lowest BCUT2D eigenvalue weighted by Gasteiger charge is -2.12. The third-order valence-electron chi connectivity index (χ3n) is 3.57. The standard InChI is InChI=1S/C18H21NOS/c1-3-13(2)20-12-14-8-10-15(11-9-14)16-6-4-5-7-17(16)18(19)21/h4-11,13H,3,12H2,1-2H3,(H2,19,21). The second kappa shape index (κ2) is 7.34. The number of nitrogens with two attached hydrogens (primary N) is 1. The summed E-state index contributed by atoms with van der Waals surface area (Å²) in [6.07, 6.45) is 1.32. The zero-order valence-corrected chi connectivity index (χ0v) is 13.3. The van der Waals surface area contributed by atoms with Gasteiger partial charge in [0, 0.05) is 5.56 Å². The number of hydrogen-bond donors (Lipinski definition) is 1. The summed E-state index contributed by atoms with van der Waals surface area (Å²) in [5, 5.41) is 0. The molecule has 3 heteroatoms. The van der Waals surface area contributed by atoms with Crippen molar-refractivity contribution in [1.82, 2.24) is 0 Å². The van der Waals surface area contributed by atoms with Gasteiger partial charge in [-0.2, -0.15) is 0 Å². The number of ether oxygens (including phenoxy) is 1. The molecule has 2 aromatic rings. The van der Waals surface area contributed by atoms with Crippen molar-refractivity contribution in [2.75, 3.05) is 0 Å². The summed E-state index contributed by atoms with van der Waals surface area (Å²) in [5.41, 5.74) is 10.1. The van der Waals surface area contributed by atoms with E-state index in [1.54, 1.807) is 0 Å². The molecule has 0 aliphatic heterocycles. The van der Waals surface area contributed by atoms with Crippen LogP contribution in [0.1, 0.15) is 31.4 Å². The van der Waals surface area contributed by atoms with E-state index in [0.29, 0.717) is 17.7 Å². The topological polar surface area (TPSA) is 35.2 Å². The highest BCUT2D eigenvalue weighted by Crippen LogP contribution is 2.24. The normalized spacial score (nSPS) is 12.1. The third-order valence-corrected chi connectivity index (χ3v) is 3.79. The number of thiocarbonyl (C=S) groups is 1. The van der Waals surface area contributed by atoms with E-state index in [1.807, 2.05) is 24.3 Å². The van der Waals surface area contributed by atoms with Gasteiger partial charge in [-0.05, 0) is 30.0 Å². The van der Waals surface area contributed by atoms with Gasteiger partial charge in [-0.25, -0.2) is 0 Å². The monoisotopic (exact) mass is 299 g/mol. The average molecular weight is 299 g/mol. The molecule has 2 aromatic carbocycles. The van der Waals surface area contributed by atoms with Crippen molar-refractivity contribution in [3.05, 3.63) is 59.7 Å². The highest BCUT2D eigenvalue weighted by molar-refractivity contribution is 7.80. The lowest BCUT2D eigenvalue weighted by Crippen LogP contribution is -2.10. The van der Waals surface area contributed by atoms with Gasteiger partial charge in [0.05, 0.1) is 12.7 Å². The third kappa shape index (κ3) is 4.13. The van der Waals surface area contributed by atoms with Crippen molar-refractivity contribution >= 4 is 17.2 Å². The van der Waals surface area contributed by atoms with E-state index in [9.17, 15) is 0 Å². The summed E-state index contributed by atoms with van der Waals surface area (Å²) >= 11 is 5.12. The first-order valence-electron chi connectivity index (χ1n) is 7.21. The molecule has 0 aromatic heterocycles. The molecule has 0 aliphatic carbocycles. The predicted molar refractivity (Wildman–Crippen MR) is 92.3 cm³/mol. The summed E-state index contributed by atoms with van der Waals surface area (Å²) in [6, 6.07) is 16.3. The second-order valence-corrected chi connectivity index (χ2v) is 5.58. The van der Waals surface area contributed by atoms with Crippen molar-refractivity contribution in [3.8, 4) is 11.1 Å². The Hall–Kier alpha value is -1.71. The molecular formula is C18H21NOS. The number of hydrogen-bond acceptors (Lipinski definition) is 2. The SMILES string of the molecule is CCC(C)OCc1ccc(-c2ccccc2C(N)=S)cc1. The molecule has 0 bridgehead atoms. The van der Waals surface area contributed by atoms with Gasteiger partial charge in [0.15, 0.2) is 0 Å². The molecule has 110 valence electrons. The lowest BCUT2D eigenvalue weighted by atomic mass is 9.99. The maximum Gasteiger partial charge on any atom is 0.104 e. The summed E-state index contributed by atoms with van der Waals surface area (Å²) in [4.78, 5) is 0.426. The number of benzene rings is 2. The predicted octanol–water partition coefficient (Wildman–Crippen LogP) is 4.30. The Morgan fingerprint density at radius 1 is 1.14 bits per heavy atom. The van der Waals surface area contributed by atoms with E-state index in [4.69, 9.17) is 22.7 Å². The van der Waals surface area contributed by atoms with Crippen LogP contribution in [-0.2, 0) is 11.3 Å². The van der Waals surface area contributed by atoms with Crippen molar-refractivity contribution in [1.29, 1.82) is 0 Å². The van der Waals surface area contributed by atoms with Gasteiger partial charge < -0.3 is 10.5 Å². The molecule has 0 fully saturated rings.